The van der Waals surface area contributed by atoms with Crippen LogP contribution < -0.4 is 31.6 Å². The number of ether oxygens (including phenoxy) is 3. The number of furan rings is 2. The lowest BCUT2D eigenvalue weighted by molar-refractivity contribution is -0.145. The van der Waals surface area contributed by atoms with Crippen LogP contribution in [0.25, 0.3) is 44.0 Å². The summed E-state index contributed by atoms with van der Waals surface area (Å²) in [5, 5.41) is 7.15. The lowest BCUT2D eigenvalue weighted by Crippen LogP contribution is -2.16. The zero-order valence-electron chi connectivity index (χ0n) is 36.4. The van der Waals surface area contributed by atoms with Crippen molar-refractivity contribution in [1.82, 2.24) is 19.1 Å². The van der Waals surface area contributed by atoms with Gasteiger partial charge in [-0.2, -0.15) is 0 Å². The van der Waals surface area contributed by atoms with Crippen LogP contribution in [-0.2, 0) is 29.2 Å². The van der Waals surface area contributed by atoms with Gasteiger partial charge in [0, 0.05) is 41.4 Å². The molecule has 0 aliphatic carbocycles. The number of benzene rings is 5. The molecule has 4 aromatic heterocycles. The molecule has 0 spiro atoms. The molecule has 4 amide bonds. The van der Waals surface area contributed by atoms with Gasteiger partial charge in [-0.05, 0) is 60.5 Å². The summed E-state index contributed by atoms with van der Waals surface area (Å²) in [4.78, 5) is 74.3. The summed E-state index contributed by atoms with van der Waals surface area (Å²) >= 11 is 0. The Morgan fingerprint density at radius 3 is 1.66 bits per heavy atom. The van der Waals surface area contributed by atoms with Crippen molar-refractivity contribution in [1.29, 1.82) is 0 Å². The number of hydrogen-bond donors (Lipinski definition) is 4. The van der Waals surface area contributed by atoms with E-state index >= 15 is 0 Å². The molecular weight excluding hydrogens is 873 g/mol. The smallest absolute Gasteiger partial charge is 0.306 e. The number of rotatable bonds is 18. The molecule has 0 aliphatic rings. The normalized spacial score (nSPS) is 11.4. The van der Waals surface area contributed by atoms with E-state index in [0.29, 0.717) is 27.7 Å². The maximum atomic E-state index is 13.8. The largest absolute Gasteiger partial charge is 0.494 e. The van der Waals surface area contributed by atoms with Crippen molar-refractivity contribution in [2.75, 3.05) is 24.4 Å². The predicted molar refractivity (Wildman–Crippen MR) is 251 cm³/mol. The van der Waals surface area contributed by atoms with Crippen LogP contribution in [-0.4, -0.2) is 62.4 Å². The number of carbonyl (C=O) groups is 5. The summed E-state index contributed by atoms with van der Waals surface area (Å²) in [7, 11) is 1.44. The fourth-order valence-corrected chi connectivity index (χ4v) is 7.64. The van der Waals surface area contributed by atoms with Crippen LogP contribution in [0.1, 0.15) is 60.2 Å². The van der Waals surface area contributed by atoms with Crippen molar-refractivity contribution >= 4 is 85.5 Å². The third-order valence-electron chi connectivity index (χ3n) is 10.9. The number of methoxy groups -OCH3 is 1. The number of carbonyl (C=O) groups excluding carboxylic acids is 5. The van der Waals surface area contributed by atoms with Gasteiger partial charge in [0.15, 0.2) is 11.5 Å². The average molecular weight is 915 g/mol. The Kier molecular flexibility index (Phi) is 12.4. The number of amides is 4. The topological polar surface area (TPSA) is 251 Å². The van der Waals surface area contributed by atoms with Gasteiger partial charge in [0.2, 0.25) is 23.7 Å². The van der Waals surface area contributed by atoms with Crippen molar-refractivity contribution in [3.05, 3.63) is 156 Å². The number of para-hydroxylation sites is 2. The van der Waals surface area contributed by atoms with E-state index < -0.39 is 29.6 Å². The second-order valence-electron chi connectivity index (χ2n) is 15.5. The molecule has 0 fully saturated rings. The Morgan fingerprint density at radius 1 is 0.647 bits per heavy atom. The van der Waals surface area contributed by atoms with E-state index in [4.69, 9.17) is 39.5 Å². The summed E-state index contributed by atoms with van der Waals surface area (Å²) < 4.78 is 32.4. The highest BCUT2D eigenvalue weighted by molar-refractivity contribution is 6.07. The summed E-state index contributed by atoms with van der Waals surface area (Å²) in [6, 6.07) is 32.9. The number of hydrogen-bond acceptors (Lipinski definition) is 12. The quantitative estimate of drug-likeness (QED) is 0.0366. The first-order valence-corrected chi connectivity index (χ1v) is 21.3. The van der Waals surface area contributed by atoms with Crippen molar-refractivity contribution in [2.45, 2.75) is 32.5 Å². The Labute approximate surface area is 386 Å². The van der Waals surface area contributed by atoms with Crippen LogP contribution >= 0.6 is 0 Å². The van der Waals surface area contributed by atoms with E-state index in [1.54, 1.807) is 57.7 Å². The van der Waals surface area contributed by atoms with Crippen molar-refractivity contribution in [3.8, 4) is 11.5 Å². The molecule has 9 rings (SSSR count). The molecule has 0 bridgehead atoms. The Hall–Kier alpha value is -9.19. The first-order valence-electron chi connectivity index (χ1n) is 21.3. The first-order chi connectivity index (χ1) is 33.0. The van der Waals surface area contributed by atoms with Crippen LogP contribution in [0.3, 0.4) is 0 Å². The van der Waals surface area contributed by atoms with Crippen LogP contribution in [0.4, 0.5) is 11.9 Å². The minimum absolute atomic E-state index is 0.0337. The Bertz CT molecular complexity index is 3370. The lowest BCUT2D eigenvalue weighted by Gasteiger charge is -2.13. The molecule has 342 valence electrons. The monoisotopic (exact) mass is 914 g/mol. The van der Waals surface area contributed by atoms with Gasteiger partial charge in [-0.25, -0.2) is 9.97 Å². The molecule has 0 aliphatic heterocycles. The van der Waals surface area contributed by atoms with Crippen LogP contribution in [0, 0.1) is 0 Å². The number of primary amides is 2. The van der Waals surface area contributed by atoms with Crippen molar-refractivity contribution in [3.63, 3.8) is 0 Å². The van der Waals surface area contributed by atoms with Gasteiger partial charge in [0.25, 0.3) is 11.8 Å². The average Bonchev–Trinajstić information content (AvgIpc) is 4.14. The number of nitrogens with zero attached hydrogens (tertiary/aromatic N) is 4. The van der Waals surface area contributed by atoms with Crippen LogP contribution in [0.15, 0.2) is 136 Å². The molecule has 0 saturated carbocycles. The number of allylic oxidation sites excluding steroid dienone is 2. The third kappa shape index (κ3) is 9.32. The highest BCUT2D eigenvalue weighted by Gasteiger charge is 2.24. The zero-order chi connectivity index (χ0) is 47.3. The molecule has 0 saturated heterocycles. The highest BCUT2D eigenvalue weighted by Crippen LogP contribution is 2.34. The fourth-order valence-electron chi connectivity index (χ4n) is 7.64. The van der Waals surface area contributed by atoms with Gasteiger partial charge in [0.05, 0.1) is 24.8 Å². The van der Waals surface area contributed by atoms with E-state index in [1.165, 1.54) is 31.4 Å². The summed E-state index contributed by atoms with van der Waals surface area (Å²) in [6.07, 6.45) is 3.91. The molecule has 0 unspecified atom stereocenters. The minimum atomic E-state index is -0.738. The van der Waals surface area contributed by atoms with Crippen LogP contribution in [0.2, 0.25) is 0 Å². The maximum absolute atomic E-state index is 13.8. The van der Waals surface area contributed by atoms with E-state index in [1.807, 2.05) is 54.6 Å². The fraction of sp³-hybridized carbons (Fsp3) is 0.140. The van der Waals surface area contributed by atoms with Crippen LogP contribution in [0.5, 0.6) is 11.5 Å². The van der Waals surface area contributed by atoms with Crippen molar-refractivity contribution in [2.24, 2.45) is 11.5 Å². The molecule has 18 nitrogen and oxygen atoms in total. The standard InChI is InChI=1S/C50H42N8O10/c1-64-38-26-32(45(51)60)22-34-43(38)57(49(53-34)55-47(62)40-24-30-14-5-7-16-36(30)67-40)19-9-10-20-58-44-35(54-50(58)56-48(63)41-25-31-15-6-8-17-37(31)68-41)23-33(46(52)61)27-39(44)65-21-11-18-42(59)66-28-29-12-3-2-4-13-29/h2-10,12-17,22-27H,11,18-21,28H2,1H3,(H2,51,60)(H2,52,61)(H,53,55,62)(H,54,56,63)/b10-9+. The summed E-state index contributed by atoms with van der Waals surface area (Å²) in [5.74, 6) is -2.25. The van der Waals surface area contributed by atoms with E-state index in [2.05, 4.69) is 15.6 Å². The van der Waals surface area contributed by atoms with Gasteiger partial charge in [0.1, 0.15) is 40.3 Å². The predicted octanol–water partition coefficient (Wildman–Crippen LogP) is 7.75. The lowest BCUT2D eigenvalue weighted by atomic mass is 10.1. The Morgan fingerprint density at radius 2 is 1.15 bits per heavy atom. The molecule has 6 N–H and O–H groups in total. The second-order valence-corrected chi connectivity index (χ2v) is 15.5. The van der Waals surface area contributed by atoms with E-state index in [9.17, 15) is 24.0 Å². The number of aromatic nitrogens is 4. The number of esters is 1. The van der Waals surface area contributed by atoms with Crippen molar-refractivity contribution < 1.29 is 47.0 Å². The minimum Gasteiger partial charge on any atom is -0.494 e. The molecule has 4 heterocycles. The molecule has 18 heteroatoms. The van der Waals surface area contributed by atoms with Gasteiger partial charge in [-0.1, -0.05) is 78.9 Å². The Balaban J connectivity index is 1.03. The van der Waals surface area contributed by atoms with Gasteiger partial charge >= 0.3 is 5.97 Å². The van der Waals surface area contributed by atoms with E-state index in [-0.39, 0.29) is 90.7 Å². The summed E-state index contributed by atoms with van der Waals surface area (Å²) in [5.41, 5.74) is 15.0. The SMILES string of the molecule is COc1cc(C(N)=O)cc2nc(NC(=O)c3cc4ccccc4o3)n(C/C=C/Cn3c(NC(=O)c4cc5ccccc5o4)nc4cc(C(N)=O)cc(OCCCC(=O)OCc5ccccc5)c43)c12. The molecular formula is C50H42N8O10. The van der Waals surface area contributed by atoms with E-state index in [0.717, 1.165) is 16.3 Å². The molecule has 0 radical (unpaired) electrons. The second kappa shape index (κ2) is 19.1. The van der Waals surface area contributed by atoms with Gasteiger partial charge in [-0.15, -0.1) is 0 Å². The number of nitrogens with one attached hydrogen (secondary N) is 2. The molecule has 68 heavy (non-hydrogen) atoms. The highest BCUT2D eigenvalue weighted by atomic mass is 16.5. The first kappa shape index (κ1) is 44.0. The number of imidazole rings is 2. The number of anilines is 2. The number of fused-ring (bicyclic) bond motifs is 4. The third-order valence-corrected chi connectivity index (χ3v) is 10.9. The van der Waals surface area contributed by atoms with Gasteiger partial charge < -0.3 is 43.6 Å². The maximum Gasteiger partial charge on any atom is 0.306 e. The molecule has 9 aromatic rings. The summed E-state index contributed by atoms with van der Waals surface area (Å²) in [6.45, 7) is 0.354. The molecule has 5 aromatic carbocycles. The zero-order valence-corrected chi connectivity index (χ0v) is 36.4. The number of nitrogens with two attached hydrogens (primary N) is 2. The molecule has 0 atom stereocenters. The van der Waals surface area contributed by atoms with Gasteiger partial charge in [-0.3, -0.25) is 34.6 Å².